The molecular weight excluding hydrogens is 445 g/mol. The van der Waals surface area contributed by atoms with Crippen molar-refractivity contribution in [1.82, 2.24) is 29.8 Å². The van der Waals surface area contributed by atoms with Gasteiger partial charge in [-0.3, -0.25) is 14.4 Å². The number of halogens is 1. The van der Waals surface area contributed by atoms with Gasteiger partial charge in [0.2, 0.25) is 0 Å². The Morgan fingerprint density at radius 3 is 2.85 bits per heavy atom. The van der Waals surface area contributed by atoms with Crippen LogP contribution in [0.25, 0.3) is 0 Å². The number of morpholine rings is 1. The Hall–Kier alpha value is -1.62. The lowest BCUT2D eigenvalue weighted by Crippen LogP contribution is -2.48. The highest BCUT2D eigenvalue weighted by atomic mass is 127. The Labute approximate surface area is 171 Å². The van der Waals surface area contributed by atoms with E-state index in [2.05, 4.69) is 38.5 Å². The maximum absolute atomic E-state index is 5.90. The van der Waals surface area contributed by atoms with Crippen LogP contribution in [0.5, 0.6) is 0 Å². The Morgan fingerprint density at radius 2 is 2.19 bits per heavy atom. The number of hydrogen-bond donors (Lipinski definition) is 1. The molecule has 0 bridgehead atoms. The van der Waals surface area contributed by atoms with Gasteiger partial charge in [0, 0.05) is 51.7 Å². The average Bonchev–Trinajstić information content (AvgIpc) is 3.23. The number of nitrogens with zero attached hydrogens (tertiary/aromatic N) is 6. The zero-order valence-corrected chi connectivity index (χ0v) is 18.0. The second-order valence-corrected chi connectivity index (χ2v) is 6.36. The molecule has 1 N–H and O–H groups in total. The number of aliphatic imine (C=N–C) groups is 1. The fraction of sp³-hybridized carbons (Fsp3) is 0.588. The minimum absolute atomic E-state index is 0. The van der Waals surface area contributed by atoms with Crippen LogP contribution in [0.3, 0.4) is 0 Å². The maximum atomic E-state index is 5.90. The normalized spacial score (nSPS) is 17.9. The summed E-state index contributed by atoms with van der Waals surface area (Å²) in [6.07, 6.45) is 8.87. The zero-order chi connectivity index (χ0) is 17.6. The van der Waals surface area contributed by atoms with E-state index in [1.165, 1.54) is 5.56 Å². The summed E-state index contributed by atoms with van der Waals surface area (Å²) >= 11 is 0. The van der Waals surface area contributed by atoms with Gasteiger partial charge in [0.1, 0.15) is 6.10 Å². The largest absolute Gasteiger partial charge is 0.370 e. The first-order chi connectivity index (χ1) is 12.2. The van der Waals surface area contributed by atoms with E-state index in [1.54, 1.807) is 0 Å². The maximum Gasteiger partial charge on any atom is 0.193 e. The minimum Gasteiger partial charge on any atom is -0.370 e. The number of aryl methyl sites for hydroxylation is 3. The predicted octanol–water partition coefficient (Wildman–Crippen LogP) is 1.58. The van der Waals surface area contributed by atoms with Gasteiger partial charge >= 0.3 is 0 Å². The van der Waals surface area contributed by atoms with Gasteiger partial charge in [-0.05, 0) is 18.9 Å². The molecule has 0 amide bonds. The molecule has 1 aliphatic heterocycles. The highest BCUT2D eigenvalue weighted by Crippen LogP contribution is 2.21. The summed E-state index contributed by atoms with van der Waals surface area (Å²) in [5.41, 5.74) is 2.30. The van der Waals surface area contributed by atoms with E-state index in [-0.39, 0.29) is 30.1 Å². The molecule has 1 saturated heterocycles. The van der Waals surface area contributed by atoms with Crippen LogP contribution >= 0.6 is 24.0 Å². The van der Waals surface area contributed by atoms with Gasteiger partial charge < -0.3 is 15.0 Å². The molecule has 1 aliphatic rings. The topological polar surface area (TPSA) is 72.5 Å². The van der Waals surface area contributed by atoms with Crippen molar-refractivity contribution < 1.29 is 4.74 Å². The Balaban J connectivity index is 0.00000243. The summed E-state index contributed by atoms with van der Waals surface area (Å²) in [7, 11) is 3.75. The second kappa shape index (κ2) is 9.91. The van der Waals surface area contributed by atoms with Crippen molar-refractivity contribution in [3.63, 3.8) is 0 Å². The molecule has 0 saturated carbocycles. The first-order valence-corrected chi connectivity index (χ1v) is 8.70. The van der Waals surface area contributed by atoms with Gasteiger partial charge in [-0.2, -0.15) is 10.2 Å². The Kier molecular flexibility index (Phi) is 7.88. The highest BCUT2D eigenvalue weighted by Gasteiger charge is 2.24. The third kappa shape index (κ3) is 5.44. The van der Waals surface area contributed by atoms with Crippen LogP contribution in [0, 0.1) is 6.92 Å². The molecule has 8 nitrogen and oxygen atoms in total. The van der Waals surface area contributed by atoms with Crippen LogP contribution in [0.2, 0.25) is 0 Å². The summed E-state index contributed by atoms with van der Waals surface area (Å²) in [5, 5.41) is 12.0. The molecular formula is C17H28IN7O. The summed E-state index contributed by atoms with van der Waals surface area (Å²) < 4.78 is 9.69. The smallest absolute Gasteiger partial charge is 0.193 e. The van der Waals surface area contributed by atoms with Crippen LogP contribution in [0.15, 0.2) is 29.8 Å². The standard InChI is InChI=1S/C17H27N7O.HI/c1-14-9-21-24(11-14)6-4-5-19-17(18-2)23-7-8-25-16(13-23)15-10-20-22(3)12-15;/h9-12,16H,4-8,13H2,1-3H3,(H,18,19);1H. The van der Waals surface area contributed by atoms with Gasteiger partial charge in [0.25, 0.3) is 0 Å². The van der Waals surface area contributed by atoms with Gasteiger partial charge in [0.05, 0.1) is 25.5 Å². The van der Waals surface area contributed by atoms with Crippen molar-refractivity contribution in [2.75, 3.05) is 33.3 Å². The molecule has 0 radical (unpaired) electrons. The van der Waals surface area contributed by atoms with E-state index in [4.69, 9.17) is 4.74 Å². The molecule has 1 fully saturated rings. The fourth-order valence-electron chi connectivity index (χ4n) is 3.01. The highest BCUT2D eigenvalue weighted by molar-refractivity contribution is 14.0. The van der Waals surface area contributed by atoms with Gasteiger partial charge in [0.15, 0.2) is 5.96 Å². The first-order valence-electron chi connectivity index (χ1n) is 8.70. The van der Waals surface area contributed by atoms with Gasteiger partial charge in [-0.1, -0.05) is 0 Å². The minimum atomic E-state index is 0. The van der Waals surface area contributed by atoms with E-state index in [0.29, 0.717) is 6.61 Å². The fourth-order valence-corrected chi connectivity index (χ4v) is 3.01. The molecule has 9 heteroatoms. The number of aromatic nitrogens is 4. The third-order valence-corrected chi connectivity index (χ3v) is 4.28. The molecule has 1 unspecified atom stereocenters. The van der Waals surface area contributed by atoms with Crippen molar-refractivity contribution in [2.24, 2.45) is 12.0 Å². The lowest BCUT2D eigenvalue weighted by atomic mass is 10.1. The van der Waals surface area contributed by atoms with Crippen LogP contribution in [0.1, 0.15) is 23.7 Å². The molecule has 0 aliphatic carbocycles. The summed E-state index contributed by atoms with van der Waals surface area (Å²) in [4.78, 5) is 6.68. The lowest BCUT2D eigenvalue weighted by Gasteiger charge is -2.34. The van der Waals surface area contributed by atoms with E-state index in [1.807, 2.05) is 42.0 Å². The molecule has 2 aromatic rings. The molecule has 1 atom stereocenters. The van der Waals surface area contributed by atoms with Gasteiger partial charge in [-0.25, -0.2) is 0 Å². The number of hydrogen-bond acceptors (Lipinski definition) is 4. The monoisotopic (exact) mass is 473 g/mol. The number of guanidine groups is 1. The van der Waals surface area contributed by atoms with Gasteiger partial charge in [-0.15, -0.1) is 24.0 Å². The van der Waals surface area contributed by atoms with Crippen molar-refractivity contribution in [3.8, 4) is 0 Å². The SMILES string of the molecule is CN=C(NCCCn1cc(C)cn1)N1CCOC(c2cnn(C)c2)C1.I. The first kappa shape index (κ1) is 20.7. The third-order valence-electron chi connectivity index (χ3n) is 4.28. The molecule has 2 aromatic heterocycles. The molecule has 3 heterocycles. The Morgan fingerprint density at radius 1 is 1.35 bits per heavy atom. The quantitative estimate of drug-likeness (QED) is 0.309. The molecule has 144 valence electrons. The average molecular weight is 473 g/mol. The molecule has 3 rings (SSSR count). The van der Waals surface area contributed by atoms with Crippen molar-refractivity contribution in [1.29, 1.82) is 0 Å². The van der Waals surface area contributed by atoms with Crippen LogP contribution in [0.4, 0.5) is 0 Å². The zero-order valence-electron chi connectivity index (χ0n) is 15.6. The van der Waals surface area contributed by atoms with E-state index in [0.717, 1.165) is 44.1 Å². The Bertz CT molecular complexity index is 712. The molecule has 26 heavy (non-hydrogen) atoms. The lowest BCUT2D eigenvalue weighted by molar-refractivity contribution is -0.00802. The second-order valence-electron chi connectivity index (χ2n) is 6.36. The summed E-state index contributed by atoms with van der Waals surface area (Å²) in [5.74, 6) is 0.925. The molecule has 0 aromatic carbocycles. The number of ether oxygens (including phenoxy) is 1. The van der Waals surface area contributed by atoms with Crippen LogP contribution < -0.4 is 5.32 Å². The number of rotatable bonds is 5. The van der Waals surface area contributed by atoms with E-state index >= 15 is 0 Å². The molecule has 0 spiro atoms. The van der Waals surface area contributed by atoms with Crippen molar-refractivity contribution in [2.45, 2.75) is 26.0 Å². The van der Waals surface area contributed by atoms with E-state index in [9.17, 15) is 0 Å². The number of nitrogens with one attached hydrogen (secondary N) is 1. The van der Waals surface area contributed by atoms with Crippen LogP contribution in [-0.2, 0) is 18.3 Å². The predicted molar refractivity (Wildman–Crippen MR) is 112 cm³/mol. The van der Waals surface area contributed by atoms with Crippen molar-refractivity contribution >= 4 is 29.9 Å². The summed E-state index contributed by atoms with van der Waals surface area (Å²) in [6, 6.07) is 0. The van der Waals surface area contributed by atoms with Crippen molar-refractivity contribution in [3.05, 3.63) is 35.9 Å². The van der Waals surface area contributed by atoms with Crippen LogP contribution in [-0.4, -0.2) is 63.7 Å². The summed E-state index contributed by atoms with van der Waals surface area (Å²) in [6.45, 7) is 6.13. The van der Waals surface area contributed by atoms with E-state index < -0.39 is 0 Å².